The van der Waals surface area contributed by atoms with Gasteiger partial charge in [-0.25, -0.2) is 22.7 Å². The molecule has 3 rings (SSSR count). The first-order valence-electron chi connectivity index (χ1n) is 10.0. The first-order valence-corrected chi connectivity index (χ1v) is 10.0. The number of carbonyl (C=O) groups is 1. The summed E-state index contributed by atoms with van der Waals surface area (Å²) in [5.41, 5.74) is -1.79. The Balaban J connectivity index is 1.76. The van der Waals surface area contributed by atoms with E-state index in [1.807, 2.05) is 28.6 Å². The standard InChI is InChI=1S/C22H29F2N2O3/c1-16(2)19-25(3)11-12-26(19)13-14-29-20(27)22(28,17-7-5-4-6-8-17)18-9-10-21(23,24)15-18/h4-8,11-12,16,18,28H,9-10,13-15H2,1-3H3/q+1/t18-,22-/m0/s1. The van der Waals surface area contributed by atoms with Crippen molar-refractivity contribution in [1.29, 1.82) is 0 Å². The van der Waals surface area contributed by atoms with E-state index in [1.165, 1.54) is 0 Å². The van der Waals surface area contributed by atoms with E-state index in [4.69, 9.17) is 4.74 Å². The van der Waals surface area contributed by atoms with Gasteiger partial charge in [0.1, 0.15) is 25.5 Å². The second-order valence-electron chi connectivity index (χ2n) is 8.18. The van der Waals surface area contributed by atoms with Crippen LogP contribution in [-0.2, 0) is 28.7 Å². The van der Waals surface area contributed by atoms with Crippen molar-refractivity contribution in [2.75, 3.05) is 6.61 Å². The van der Waals surface area contributed by atoms with Crippen molar-refractivity contribution in [2.45, 2.75) is 57.1 Å². The number of ether oxygens (including phenoxy) is 1. The molecule has 0 spiro atoms. The lowest BCUT2D eigenvalue weighted by molar-refractivity contribution is -0.680. The lowest BCUT2D eigenvalue weighted by Gasteiger charge is -2.32. The van der Waals surface area contributed by atoms with E-state index in [2.05, 4.69) is 13.8 Å². The van der Waals surface area contributed by atoms with E-state index in [0.717, 1.165) is 5.82 Å². The topological polar surface area (TPSA) is 55.3 Å². The zero-order valence-corrected chi connectivity index (χ0v) is 17.1. The number of hydrogen-bond donors (Lipinski definition) is 1. The van der Waals surface area contributed by atoms with Crippen LogP contribution in [0.1, 0.15) is 50.4 Å². The van der Waals surface area contributed by atoms with Crippen LogP contribution in [0.25, 0.3) is 0 Å². The normalized spacial score (nSPS) is 20.6. The number of alkyl halides is 2. The number of halogens is 2. The summed E-state index contributed by atoms with van der Waals surface area (Å²) in [6, 6.07) is 8.27. The Kier molecular flexibility index (Phi) is 6.08. The zero-order chi connectivity index (χ0) is 21.2. The van der Waals surface area contributed by atoms with E-state index in [1.54, 1.807) is 30.3 Å². The largest absolute Gasteiger partial charge is 0.459 e. The van der Waals surface area contributed by atoms with Crippen LogP contribution >= 0.6 is 0 Å². The van der Waals surface area contributed by atoms with Crippen LogP contribution in [-0.4, -0.2) is 28.2 Å². The Morgan fingerprint density at radius 3 is 2.66 bits per heavy atom. The SMILES string of the molecule is CC(C)c1n(CCOC(=O)[C@](O)(c2ccccc2)[C@H]2CCC(F)(F)C2)cc[n+]1C. The smallest absolute Gasteiger partial charge is 0.343 e. The van der Waals surface area contributed by atoms with Crippen LogP contribution in [0.2, 0.25) is 0 Å². The molecule has 1 fully saturated rings. The highest BCUT2D eigenvalue weighted by molar-refractivity contribution is 5.81. The second-order valence-corrected chi connectivity index (χ2v) is 8.18. The molecule has 158 valence electrons. The van der Waals surface area contributed by atoms with Gasteiger partial charge in [-0.15, -0.1) is 0 Å². The molecule has 1 aliphatic rings. The number of aryl methyl sites for hydroxylation is 1. The molecular formula is C22H29F2N2O3+. The van der Waals surface area contributed by atoms with Gasteiger partial charge >= 0.3 is 5.97 Å². The Bertz CT molecular complexity index is 851. The van der Waals surface area contributed by atoms with Crippen molar-refractivity contribution in [1.82, 2.24) is 4.57 Å². The summed E-state index contributed by atoms with van der Waals surface area (Å²) < 4.78 is 37.1. The van der Waals surface area contributed by atoms with Crippen LogP contribution in [0.15, 0.2) is 42.7 Å². The third-order valence-electron chi connectivity index (χ3n) is 5.73. The van der Waals surface area contributed by atoms with Crippen LogP contribution in [0, 0.1) is 5.92 Å². The van der Waals surface area contributed by atoms with Gasteiger partial charge in [0.05, 0.1) is 13.0 Å². The first kappa shape index (κ1) is 21.4. The number of benzene rings is 1. The van der Waals surface area contributed by atoms with Gasteiger partial charge in [-0.1, -0.05) is 44.2 Å². The van der Waals surface area contributed by atoms with Gasteiger partial charge in [-0.05, 0) is 12.0 Å². The number of carbonyl (C=O) groups excluding carboxylic acids is 1. The maximum Gasteiger partial charge on any atom is 0.343 e. The fourth-order valence-corrected chi connectivity index (χ4v) is 4.33. The van der Waals surface area contributed by atoms with Gasteiger partial charge in [0, 0.05) is 18.8 Å². The average Bonchev–Trinajstić information content (AvgIpc) is 3.23. The van der Waals surface area contributed by atoms with Crippen LogP contribution < -0.4 is 4.57 Å². The maximum atomic E-state index is 13.8. The molecule has 0 amide bonds. The number of imidazole rings is 1. The minimum Gasteiger partial charge on any atom is -0.459 e. The maximum absolute atomic E-state index is 13.8. The Morgan fingerprint density at radius 1 is 1.38 bits per heavy atom. The van der Waals surface area contributed by atoms with Crippen LogP contribution in [0.4, 0.5) is 8.78 Å². The third-order valence-corrected chi connectivity index (χ3v) is 5.73. The first-order chi connectivity index (χ1) is 13.6. The molecule has 0 aliphatic heterocycles. The van der Waals surface area contributed by atoms with Crippen molar-refractivity contribution in [3.8, 4) is 0 Å². The summed E-state index contributed by atoms with van der Waals surface area (Å²) in [6.45, 7) is 4.62. The number of nitrogens with zero attached hydrogens (tertiary/aromatic N) is 2. The molecule has 2 atom stereocenters. The van der Waals surface area contributed by atoms with E-state index < -0.39 is 29.8 Å². The second kappa shape index (κ2) is 8.22. The highest BCUT2D eigenvalue weighted by atomic mass is 19.3. The molecular weight excluding hydrogens is 378 g/mol. The van der Waals surface area contributed by atoms with Crippen molar-refractivity contribution in [3.63, 3.8) is 0 Å². The van der Waals surface area contributed by atoms with Crippen molar-refractivity contribution in [3.05, 3.63) is 54.1 Å². The summed E-state index contributed by atoms with van der Waals surface area (Å²) in [7, 11) is 1.95. The highest BCUT2D eigenvalue weighted by Gasteiger charge is 2.54. The van der Waals surface area contributed by atoms with Crippen LogP contribution in [0.3, 0.4) is 0 Å². The number of aromatic nitrogens is 2. The van der Waals surface area contributed by atoms with E-state index >= 15 is 0 Å². The molecule has 0 saturated heterocycles. The predicted molar refractivity (Wildman–Crippen MR) is 103 cm³/mol. The lowest BCUT2D eigenvalue weighted by Crippen LogP contribution is -2.44. The molecule has 7 heteroatoms. The number of hydrogen-bond acceptors (Lipinski definition) is 3. The van der Waals surface area contributed by atoms with Gasteiger partial charge in [-0.2, -0.15) is 0 Å². The van der Waals surface area contributed by atoms with Crippen molar-refractivity contribution in [2.24, 2.45) is 13.0 Å². The fraction of sp³-hybridized carbons (Fsp3) is 0.545. The monoisotopic (exact) mass is 407 g/mol. The lowest BCUT2D eigenvalue weighted by atomic mass is 9.80. The fourth-order valence-electron chi connectivity index (χ4n) is 4.33. The Hall–Kier alpha value is -2.28. The summed E-state index contributed by atoms with van der Waals surface area (Å²) in [5.74, 6) is -3.26. The van der Waals surface area contributed by atoms with Gasteiger partial charge in [0.25, 0.3) is 5.82 Å². The van der Waals surface area contributed by atoms with Crippen LogP contribution in [0.5, 0.6) is 0 Å². The Morgan fingerprint density at radius 2 is 2.07 bits per heavy atom. The quantitative estimate of drug-likeness (QED) is 0.566. The van der Waals surface area contributed by atoms with Crippen molar-refractivity contribution >= 4 is 5.97 Å². The van der Waals surface area contributed by atoms with Gasteiger partial charge in [0.2, 0.25) is 5.92 Å². The molecule has 1 N–H and O–H groups in total. The molecule has 2 aromatic rings. The van der Waals surface area contributed by atoms with Gasteiger partial charge < -0.3 is 9.84 Å². The molecule has 1 heterocycles. The molecule has 0 radical (unpaired) electrons. The molecule has 5 nitrogen and oxygen atoms in total. The zero-order valence-electron chi connectivity index (χ0n) is 17.1. The molecule has 1 saturated carbocycles. The summed E-state index contributed by atoms with van der Waals surface area (Å²) >= 11 is 0. The minimum absolute atomic E-state index is 0.0471. The summed E-state index contributed by atoms with van der Waals surface area (Å²) in [6.07, 6.45) is 3.04. The molecule has 29 heavy (non-hydrogen) atoms. The highest BCUT2D eigenvalue weighted by Crippen LogP contribution is 2.47. The number of aliphatic hydroxyl groups is 1. The molecule has 0 unspecified atom stereocenters. The number of rotatable bonds is 7. The van der Waals surface area contributed by atoms with Crippen molar-refractivity contribution < 1.29 is 28.0 Å². The van der Waals surface area contributed by atoms with E-state index in [0.29, 0.717) is 12.1 Å². The molecule has 1 aromatic heterocycles. The third kappa shape index (κ3) is 4.34. The van der Waals surface area contributed by atoms with E-state index in [-0.39, 0.29) is 25.4 Å². The van der Waals surface area contributed by atoms with Gasteiger partial charge in [0.15, 0.2) is 5.60 Å². The average molecular weight is 407 g/mol. The summed E-state index contributed by atoms with van der Waals surface area (Å²) in [4.78, 5) is 12.9. The molecule has 1 aliphatic carbocycles. The van der Waals surface area contributed by atoms with E-state index in [9.17, 15) is 18.7 Å². The minimum atomic E-state index is -2.88. The predicted octanol–water partition coefficient (Wildman–Crippen LogP) is 3.30. The Labute approximate surface area is 169 Å². The molecule has 1 aromatic carbocycles. The molecule has 0 bridgehead atoms. The summed E-state index contributed by atoms with van der Waals surface area (Å²) in [5, 5.41) is 11.3. The number of esters is 1. The van der Waals surface area contributed by atoms with Gasteiger partial charge in [-0.3, -0.25) is 0 Å².